The first kappa shape index (κ1) is 7.53. The average molecular weight is 156 g/mol. The summed E-state index contributed by atoms with van der Waals surface area (Å²) in [6.07, 6.45) is 1.33. The molecule has 0 aromatic carbocycles. The third kappa shape index (κ3) is 1.41. The molecule has 2 aliphatic heterocycles. The number of β-amino-alcohol motifs (C(OH)–C–C–N with tert-alkyl or cyclic N) is 1. The fourth-order valence-corrected chi connectivity index (χ4v) is 2.26. The third-order valence-corrected chi connectivity index (χ3v) is 2.85. The molecule has 0 spiro atoms. The van der Waals surface area contributed by atoms with Gasteiger partial charge in [0.15, 0.2) is 0 Å². The van der Waals surface area contributed by atoms with Crippen molar-refractivity contribution in [2.75, 3.05) is 32.8 Å². The molecule has 0 bridgehead atoms. The van der Waals surface area contributed by atoms with Crippen LogP contribution in [0.25, 0.3) is 0 Å². The van der Waals surface area contributed by atoms with Crippen LogP contribution in [0.5, 0.6) is 0 Å². The molecule has 0 saturated carbocycles. The highest BCUT2D eigenvalue weighted by Crippen LogP contribution is 2.23. The van der Waals surface area contributed by atoms with E-state index < -0.39 is 0 Å². The Hall–Kier alpha value is -0.120. The molecule has 2 rings (SSSR count). The average Bonchev–Trinajstić information content (AvgIpc) is 2.46. The summed E-state index contributed by atoms with van der Waals surface area (Å²) < 4.78 is 0. The zero-order valence-corrected chi connectivity index (χ0v) is 6.79. The van der Waals surface area contributed by atoms with E-state index in [1.54, 1.807) is 0 Å². The van der Waals surface area contributed by atoms with Crippen molar-refractivity contribution in [2.45, 2.75) is 12.5 Å². The van der Waals surface area contributed by atoms with E-state index in [0.29, 0.717) is 6.61 Å². The van der Waals surface area contributed by atoms with Crippen LogP contribution in [0.3, 0.4) is 0 Å². The molecule has 1 unspecified atom stereocenters. The van der Waals surface area contributed by atoms with Gasteiger partial charge in [0.2, 0.25) is 0 Å². The van der Waals surface area contributed by atoms with Gasteiger partial charge in [0.1, 0.15) is 0 Å². The second-order valence-electron chi connectivity index (χ2n) is 3.59. The minimum Gasteiger partial charge on any atom is -0.395 e. The van der Waals surface area contributed by atoms with Gasteiger partial charge in [-0.2, -0.15) is 0 Å². The van der Waals surface area contributed by atoms with Crippen LogP contribution < -0.4 is 5.32 Å². The second kappa shape index (κ2) is 3.09. The molecule has 2 aliphatic rings. The van der Waals surface area contributed by atoms with E-state index in [-0.39, 0.29) is 0 Å². The molecule has 2 N–H and O–H groups in total. The maximum absolute atomic E-state index is 8.73. The molecule has 3 heteroatoms. The zero-order chi connectivity index (χ0) is 7.68. The molecule has 0 aliphatic carbocycles. The number of nitrogens with zero attached hydrogens (tertiary/aromatic N) is 1. The number of aliphatic hydroxyl groups excluding tert-OH is 1. The van der Waals surface area contributed by atoms with Gasteiger partial charge in [-0.1, -0.05) is 0 Å². The molecule has 2 heterocycles. The topological polar surface area (TPSA) is 35.5 Å². The van der Waals surface area contributed by atoms with Crippen LogP contribution in [0.15, 0.2) is 0 Å². The summed E-state index contributed by atoms with van der Waals surface area (Å²) in [5.74, 6) is 0.863. The summed E-state index contributed by atoms with van der Waals surface area (Å²) in [5.41, 5.74) is 0. The van der Waals surface area contributed by atoms with E-state index in [2.05, 4.69) is 10.2 Å². The lowest BCUT2D eigenvalue weighted by Gasteiger charge is -2.14. The fraction of sp³-hybridized carbons (Fsp3) is 1.00. The first-order valence-electron chi connectivity index (χ1n) is 4.47. The Balaban J connectivity index is 1.84. The molecule has 3 nitrogen and oxygen atoms in total. The summed E-state index contributed by atoms with van der Waals surface area (Å²) in [5, 5.41) is 12.2. The van der Waals surface area contributed by atoms with E-state index in [0.717, 1.165) is 25.0 Å². The summed E-state index contributed by atoms with van der Waals surface area (Å²) in [6.45, 7) is 4.69. The Kier molecular flexibility index (Phi) is 2.11. The van der Waals surface area contributed by atoms with Crippen molar-refractivity contribution >= 4 is 0 Å². The molecule has 0 aromatic rings. The van der Waals surface area contributed by atoms with E-state index >= 15 is 0 Å². The minimum absolute atomic E-state index is 0.305. The smallest absolute Gasteiger partial charge is 0.0558 e. The van der Waals surface area contributed by atoms with Gasteiger partial charge < -0.3 is 10.4 Å². The number of hydrogen-bond acceptors (Lipinski definition) is 3. The Morgan fingerprint density at radius 1 is 1.45 bits per heavy atom. The third-order valence-electron chi connectivity index (χ3n) is 2.85. The first-order chi connectivity index (χ1) is 5.40. The van der Waals surface area contributed by atoms with E-state index in [1.165, 1.54) is 19.5 Å². The number of aliphatic hydroxyl groups is 1. The SMILES string of the molecule is OCCN1CC2NCC[C@H]2C1. The van der Waals surface area contributed by atoms with Crippen molar-refractivity contribution < 1.29 is 5.11 Å². The zero-order valence-electron chi connectivity index (χ0n) is 6.79. The molecule has 64 valence electrons. The number of likely N-dealkylation sites (tertiary alicyclic amines) is 1. The quantitative estimate of drug-likeness (QED) is 0.553. The van der Waals surface area contributed by atoms with E-state index in [9.17, 15) is 0 Å². The Morgan fingerprint density at radius 2 is 2.36 bits per heavy atom. The second-order valence-corrected chi connectivity index (χ2v) is 3.59. The van der Waals surface area contributed by atoms with Gasteiger partial charge in [0.25, 0.3) is 0 Å². The molecule has 0 radical (unpaired) electrons. The Bertz CT molecular complexity index is 128. The van der Waals surface area contributed by atoms with Crippen LogP contribution >= 0.6 is 0 Å². The van der Waals surface area contributed by atoms with E-state index in [1.807, 2.05) is 0 Å². The monoisotopic (exact) mass is 156 g/mol. The van der Waals surface area contributed by atoms with Gasteiger partial charge >= 0.3 is 0 Å². The molecule has 2 fully saturated rings. The Labute approximate surface area is 67.4 Å². The number of hydrogen-bond donors (Lipinski definition) is 2. The van der Waals surface area contributed by atoms with Crippen molar-refractivity contribution in [3.05, 3.63) is 0 Å². The van der Waals surface area contributed by atoms with Crippen LogP contribution in [0, 0.1) is 5.92 Å². The highest BCUT2D eigenvalue weighted by atomic mass is 16.3. The largest absolute Gasteiger partial charge is 0.395 e. The lowest BCUT2D eigenvalue weighted by atomic mass is 10.1. The molecular weight excluding hydrogens is 140 g/mol. The molecule has 0 aromatic heterocycles. The number of nitrogens with one attached hydrogen (secondary N) is 1. The predicted molar refractivity (Wildman–Crippen MR) is 43.4 cm³/mol. The molecule has 11 heavy (non-hydrogen) atoms. The molecule has 2 saturated heterocycles. The van der Waals surface area contributed by atoms with Crippen molar-refractivity contribution in [3.8, 4) is 0 Å². The summed E-state index contributed by atoms with van der Waals surface area (Å²) >= 11 is 0. The van der Waals surface area contributed by atoms with Gasteiger partial charge in [0.05, 0.1) is 6.61 Å². The van der Waals surface area contributed by atoms with Gasteiger partial charge in [0, 0.05) is 25.7 Å². The molecule has 2 atom stereocenters. The highest BCUT2D eigenvalue weighted by Gasteiger charge is 2.35. The molecular formula is C8H16N2O. The van der Waals surface area contributed by atoms with Crippen molar-refractivity contribution in [1.82, 2.24) is 10.2 Å². The van der Waals surface area contributed by atoms with Gasteiger partial charge in [-0.3, -0.25) is 4.90 Å². The summed E-state index contributed by atoms with van der Waals surface area (Å²) in [4.78, 5) is 2.35. The summed E-state index contributed by atoms with van der Waals surface area (Å²) in [6, 6.07) is 0.724. The van der Waals surface area contributed by atoms with Crippen molar-refractivity contribution in [3.63, 3.8) is 0 Å². The number of rotatable bonds is 2. The van der Waals surface area contributed by atoms with Crippen LogP contribution in [0.1, 0.15) is 6.42 Å². The van der Waals surface area contributed by atoms with Crippen molar-refractivity contribution in [1.29, 1.82) is 0 Å². The highest BCUT2D eigenvalue weighted by molar-refractivity contribution is 4.93. The summed E-state index contributed by atoms with van der Waals surface area (Å²) in [7, 11) is 0. The van der Waals surface area contributed by atoms with Crippen molar-refractivity contribution in [2.24, 2.45) is 5.92 Å². The van der Waals surface area contributed by atoms with Gasteiger partial charge in [-0.25, -0.2) is 0 Å². The fourth-order valence-electron chi connectivity index (χ4n) is 2.26. The maximum atomic E-state index is 8.73. The standard InChI is InChI=1S/C8H16N2O/c11-4-3-10-5-7-1-2-9-8(7)6-10/h7-9,11H,1-6H2/t7-,8?/m0/s1. The van der Waals surface area contributed by atoms with E-state index in [4.69, 9.17) is 5.11 Å². The predicted octanol–water partition coefficient (Wildman–Crippen LogP) is -0.728. The minimum atomic E-state index is 0.305. The normalized spacial score (nSPS) is 37.9. The van der Waals surface area contributed by atoms with Crippen LogP contribution in [-0.2, 0) is 0 Å². The Morgan fingerprint density at radius 3 is 3.09 bits per heavy atom. The first-order valence-corrected chi connectivity index (χ1v) is 4.47. The van der Waals surface area contributed by atoms with Crippen LogP contribution in [-0.4, -0.2) is 48.8 Å². The van der Waals surface area contributed by atoms with Gasteiger partial charge in [-0.05, 0) is 18.9 Å². The molecule has 0 amide bonds. The number of fused-ring (bicyclic) bond motifs is 1. The lowest BCUT2D eigenvalue weighted by Crippen LogP contribution is -2.31. The van der Waals surface area contributed by atoms with Crippen LogP contribution in [0.2, 0.25) is 0 Å². The van der Waals surface area contributed by atoms with Gasteiger partial charge in [-0.15, -0.1) is 0 Å². The lowest BCUT2D eigenvalue weighted by molar-refractivity contribution is 0.214. The maximum Gasteiger partial charge on any atom is 0.0558 e. The van der Waals surface area contributed by atoms with Crippen LogP contribution in [0.4, 0.5) is 0 Å².